The van der Waals surface area contributed by atoms with Crippen molar-refractivity contribution in [1.82, 2.24) is 4.98 Å². The Labute approximate surface area is 179 Å². The van der Waals surface area contributed by atoms with Crippen molar-refractivity contribution >= 4 is 45.7 Å². The number of fused-ring (bicyclic) bond motifs is 1. The SMILES string of the molecule is O=C(c1ccc(Cl)cc1Cl)N(CCCc1ccccc1)c1c[nH]c2ccccc12. The summed E-state index contributed by atoms with van der Waals surface area (Å²) in [5.74, 6) is -0.135. The maximum atomic E-state index is 13.4. The molecule has 0 atom stereocenters. The third-order valence-corrected chi connectivity index (χ3v) is 5.50. The summed E-state index contributed by atoms with van der Waals surface area (Å²) in [5.41, 5.74) is 3.54. The maximum absolute atomic E-state index is 13.4. The number of nitrogens with zero attached hydrogens (tertiary/aromatic N) is 1. The molecule has 3 nitrogen and oxygen atoms in total. The van der Waals surface area contributed by atoms with Gasteiger partial charge in [-0.05, 0) is 42.7 Å². The average Bonchev–Trinajstić information content (AvgIpc) is 3.15. The number of amides is 1. The second-order valence-corrected chi connectivity index (χ2v) is 7.73. The van der Waals surface area contributed by atoms with Gasteiger partial charge in [0.15, 0.2) is 0 Å². The summed E-state index contributed by atoms with van der Waals surface area (Å²) < 4.78 is 0. The predicted molar refractivity (Wildman–Crippen MR) is 121 cm³/mol. The Hall–Kier alpha value is -2.75. The van der Waals surface area contributed by atoms with E-state index in [0.717, 1.165) is 29.4 Å². The van der Waals surface area contributed by atoms with Crippen molar-refractivity contribution in [2.75, 3.05) is 11.4 Å². The van der Waals surface area contributed by atoms with Crippen molar-refractivity contribution in [3.63, 3.8) is 0 Å². The lowest BCUT2D eigenvalue weighted by Crippen LogP contribution is -2.32. The van der Waals surface area contributed by atoms with Gasteiger partial charge in [-0.3, -0.25) is 4.79 Å². The number of hydrogen-bond donors (Lipinski definition) is 1. The van der Waals surface area contributed by atoms with Crippen molar-refractivity contribution in [2.45, 2.75) is 12.8 Å². The van der Waals surface area contributed by atoms with Gasteiger partial charge in [-0.1, -0.05) is 71.7 Å². The molecule has 0 saturated heterocycles. The number of halogens is 2. The summed E-state index contributed by atoms with van der Waals surface area (Å²) in [6.45, 7) is 0.578. The van der Waals surface area contributed by atoms with Crippen LogP contribution in [0.4, 0.5) is 5.69 Å². The number of carbonyl (C=O) groups is 1. The molecular formula is C24H20Cl2N2O. The monoisotopic (exact) mass is 422 g/mol. The normalized spacial score (nSPS) is 11.0. The van der Waals surface area contributed by atoms with Crippen LogP contribution < -0.4 is 4.90 Å². The summed E-state index contributed by atoms with van der Waals surface area (Å²) >= 11 is 12.4. The molecule has 0 aliphatic heterocycles. The van der Waals surface area contributed by atoms with Gasteiger partial charge in [-0.15, -0.1) is 0 Å². The number of aryl methyl sites for hydroxylation is 1. The van der Waals surface area contributed by atoms with E-state index in [1.54, 1.807) is 23.1 Å². The lowest BCUT2D eigenvalue weighted by atomic mass is 10.1. The van der Waals surface area contributed by atoms with Crippen LogP contribution in [0.3, 0.4) is 0 Å². The van der Waals surface area contributed by atoms with E-state index in [-0.39, 0.29) is 5.91 Å². The van der Waals surface area contributed by atoms with Crippen molar-refractivity contribution in [3.8, 4) is 0 Å². The number of hydrogen-bond acceptors (Lipinski definition) is 1. The number of benzene rings is 3. The van der Waals surface area contributed by atoms with E-state index >= 15 is 0 Å². The first kappa shape index (κ1) is 19.6. The van der Waals surface area contributed by atoms with Crippen LogP contribution in [0.5, 0.6) is 0 Å². The van der Waals surface area contributed by atoms with Crippen molar-refractivity contribution in [1.29, 1.82) is 0 Å². The van der Waals surface area contributed by atoms with Crippen LogP contribution in [0.15, 0.2) is 79.0 Å². The smallest absolute Gasteiger partial charge is 0.259 e. The second kappa shape index (κ2) is 8.73. The van der Waals surface area contributed by atoms with E-state index in [2.05, 4.69) is 17.1 Å². The van der Waals surface area contributed by atoms with Crippen LogP contribution in [-0.4, -0.2) is 17.4 Å². The number of carbonyl (C=O) groups excluding carboxylic acids is 1. The quantitative estimate of drug-likeness (QED) is 0.366. The van der Waals surface area contributed by atoms with E-state index in [1.807, 2.05) is 48.7 Å². The first-order valence-corrected chi connectivity index (χ1v) is 10.3. The molecule has 1 aromatic heterocycles. The highest BCUT2D eigenvalue weighted by atomic mass is 35.5. The zero-order valence-electron chi connectivity index (χ0n) is 15.7. The first-order valence-electron chi connectivity index (χ1n) is 9.50. The second-order valence-electron chi connectivity index (χ2n) is 6.89. The standard InChI is InChI=1S/C24H20Cl2N2O/c25-18-12-13-19(21(26)15-18)24(29)28(14-6-9-17-7-2-1-3-8-17)23-16-27-22-11-5-4-10-20(22)23/h1-5,7-8,10-13,15-16,27H,6,9,14H2. The van der Waals surface area contributed by atoms with Gasteiger partial charge in [-0.2, -0.15) is 0 Å². The van der Waals surface area contributed by atoms with E-state index in [0.29, 0.717) is 22.2 Å². The third-order valence-electron chi connectivity index (χ3n) is 4.95. The minimum absolute atomic E-state index is 0.135. The minimum Gasteiger partial charge on any atom is -0.359 e. The summed E-state index contributed by atoms with van der Waals surface area (Å²) in [6.07, 6.45) is 3.61. The molecule has 4 aromatic rings. The molecular weight excluding hydrogens is 403 g/mol. The molecule has 29 heavy (non-hydrogen) atoms. The first-order chi connectivity index (χ1) is 14.1. The average molecular weight is 423 g/mol. The van der Waals surface area contributed by atoms with Crippen LogP contribution in [-0.2, 0) is 6.42 Å². The van der Waals surface area contributed by atoms with Crippen molar-refractivity contribution in [2.24, 2.45) is 0 Å². The summed E-state index contributed by atoms with van der Waals surface area (Å²) in [6, 6.07) is 23.2. The summed E-state index contributed by atoms with van der Waals surface area (Å²) in [4.78, 5) is 18.5. The van der Waals surface area contributed by atoms with Crippen LogP contribution in [0.1, 0.15) is 22.3 Å². The number of H-pyrrole nitrogens is 1. The lowest BCUT2D eigenvalue weighted by Gasteiger charge is -2.23. The minimum atomic E-state index is -0.135. The molecule has 4 rings (SSSR count). The Morgan fingerprint density at radius 2 is 1.69 bits per heavy atom. The zero-order valence-corrected chi connectivity index (χ0v) is 17.3. The van der Waals surface area contributed by atoms with Crippen molar-refractivity contribution in [3.05, 3.63) is 100 Å². The maximum Gasteiger partial charge on any atom is 0.259 e. The van der Waals surface area contributed by atoms with Gasteiger partial charge in [0.25, 0.3) is 5.91 Å². The molecule has 1 amide bonds. The molecule has 0 bridgehead atoms. The number of aromatic amines is 1. The predicted octanol–water partition coefficient (Wildman–Crippen LogP) is 6.75. The number of anilines is 1. The Morgan fingerprint density at radius 3 is 2.48 bits per heavy atom. The Balaban J connectivity index is 1.65. The van der Waals surface area contributed by atoms with Gasteiger partial charge in [0.05, 0.1) is 16.3 Å². The van der Waals surface area contributed by atoms with Crippen LogP contribution in [0.25, 0.3) is 10.9 Å². The Morgan fingerprint density at radius 1 is 0.931 bits per heavy atom. The topological polar surface area (TPSA) is 36.1 Å². The molecule has 0 radical (unpaired) electrons. The number of nitrogens with one attached hydrogen (secondary N) is 1. The molecule has 146 valence electrons. The van der Waals surface area contributed by atoms with Gasteiger partial charge in [0.2, 0.25) is 0 Å². The highest BCUT2D eigenvalue weighted by Gasteiger charge is 2.22. The Kier molecular flexibility index (Phi) is 5.89. The van der Waals surface area contributed by atoms with E-state index < -0.39 is 0 Å². The van der Waals surface area contributed by atoms with Gasteiger partial charge in [-0.25, -0.2) is 0 Å². The molecule has 0 aliphatic carbocycles. The largest absolute Gasteiger partial charge is 0.359 e. The van der Waals surface area contributed by atoms with Gasteiger partial charge < -0.3 is 9.88 Å². The molecule has 1 N–H and O–H groups in total. The highest BCUT2D eigenvalue weighted by Crippen LogP contribution is 2.30. The van der Waals surface area contributed by atoms with Crippen molar-refractivity contribution < 1.29 is 4.79 Å². The van der Waals surface area contributed by atoms with E-state index in [4.69, 9.17) is 23.2 Å². The molecule has 0 fully saturated rings. The Bertz CT molecular complexity index is 1140. The fraction of sp³-hybridized carbons (Fsp3) is 0.125. The van der Waals surface area contributed by atoms with Crippen LogP contribution >= 0.6 is 23.2 Å². The van der Waals surface area contributed by atoms with Crippen LogP contribution in [0, 0.1) is 0 Å². The highest BCUT2D eigenvalue weighted by molar-refractivity contribution is 6.37. The third kappa shape index (κ3) is 4.31. The summed E-state index contributed by atoms with van der Waals surface area (Å²) in [5, 5.41) is 1.87. The van der Waals surface area contributed by atoms with Gasteiger partial charge in [0, 0.05) is 28.7 Å². The van der Waals surface area contributed by atoms with Crippen LogP contribution in [0.2, 0.25) is 10.0 Å². The molecule has 0 spiro atoms. The number of rotatable bonds is 6. The number of para-hydroxylation sites is 1. The van der Waals surface area contributed by atoms with E-state index in [9.17, 15) is 4.79 Å². The molecule has 3 aromatic carbocycles. The fourth-order valence-electron chi connectivity index (χ4n) is 3.51. The molecule has 5 heteroatoms. The zero-order chi connectivity index (χ0) is 20.2. The number of aromatic nitrogens is 1. The molecule has 0 saturated carbocycles. The molecule has 0 aliphatic rings. The lowest BCUT2D eigenvalue weighted by molar-refractivity contribution is 0.0987. The fourth-order valence-corrected chi connectivity index (χ4v) is 3.99. The van der Waals surface area contributed by atoms with E-state index in [1.165, 1.54) is 5.56 Å². The summed E-state index contributed by atoms with van der Waals surface area (Å²) in [7, 11) is 0. The van der Waals surface area contributed by atoms with Gasteiger partial charge in [0.1, 0.15) is 0 Å². The molecule has 0 unspecified atom stereocenters. The molecule has 1 heterocycles. The van der Waals surface area contributed by atoms with Gasteiger partial charge >= 0.3 is 0 Å².